The lowest BCUT2D eigenvalue weighted by molar-refractivity contribution is 0.430. The van der Waals surface area contributed by atoms with Crippen molar-refractivity contribution < 1.29 is 17.4 Å². The highest BCUT2D eigenvalue weighted by atomic mass is 32.2. The first-order chi connectivity index (χ1) is 17.8. The predicted octanol–water partition coefficient (Wildman–Crippen LogP) is 5.06. The summed E-state index contributed by atoms with van der Waals surface area (Å²) in [5.74, 6) is 0.784. The van der Waals surface area contributed by atoms with Gasteiger partial charge in [-0.2, -0.15) is 10.4 Å². The molecule has 0 radical (unpaired) electrons. The Labute approximate surface area is 212 Å². The molecule has 0 aliphatic rings. The number of oxazole rings is 1. The van der Waals surface area contributed by atoms with Crippen molar-refractivity contribution in [3.63, 3.8) is 0 Å². The van der Waals surface area contributed by atoms with Crippen molar-refractivity contribution in [1.29, 1.82) is 5.26 Å². The van der Waals surface area contributed by atoms with E-state index < -0.39 is 10.0 Å². The van der Waals surface area contributed by atoms with Gasteiger partial charge in [-0.3, -0.25) is 5.10 Å². The first-order valence-electron chi connectivity index (χ1n) is 11.1. The SMILES string of the molecule is Cc1noc(NS(=O)(=O)c2c(-c3ccc(-c4ncco4)cc3)ccc(Nc3n[nH]cc3C#N)c2C)c1C. The van der Waals surface area contributed by atoms with Crippen LogP contribution in [0.1, 0.15) is 22.4 Å². The van der Waals surface area contributed by atoms with E-state index in [2.05, 4.69) is 30.4 Å². The van der Waals surface area contributed by atoms with E-state index in [1.807, 2.05) is 6.07 Å². The number of benzene rings is 2. The summed E-state index contributed by atoms with van der Waals surface area (Å²) in [5.41, 5.74) is 4.22. The Kier molecular flexibility index (Phi) is 5.98. The summed E-state index contributed by atoms with van der Waals surface area (Å²) < 4.78 is 40.7. The zero-order valence-electron chi connectivity index (χ0n) is 20.0. The number of hydrogen-bond acceptors (Lipinski definition) is 9. The van der Waals surface area contributed by atoms with E-state index in [9.17, 15) is 13.7 Å². The molecule has 0 saturated carbocycles. The molecule has 11 nitrogen and oxygen atoms in total. The van der Waals surface area contributed by atoms with Gasteiger partial charge < -0.3 is 14.3 Å². The molecule has 0 aliphatic carbocycles. The Morgan fingerprint density at radius 3 is 2.43 bits per heavy atom. The Morgan fingerprint density at radius 1 is 1.03 bits per heavy atom. The van der Waals surface area contributed by atoms with Gasteiger partial charge in [-0.15, -0.1) is 0 Å². The molecule has 3 N–H and O–H groups in total. The number of anilines is 3. The molecule has 5 aromatic rings. The van der Waals surface area contributed by atoms with Gasteiger partial charge in [0.15, 0.2) is 5.82 Å². The van der Waals surface area contributed by atoms with E-state index in [1.54, 1.807) is 63.4 Å². The summed E-state index contributed by atoms with van der Waals surface area (Å²) in [6.07, 6.45) is 4.49. The van der Waals surface area contributed by atoms with E-state index in [0.29, 0.717) is 45.1 Å². The number of aromatic amines is 1. The van der Waals surface area contributed by atoms with Gasteiger partial charge in [-0.05, 0) is 50.1 Å². The maximum atomic E-state index is 13.8. The van der Waals surface area contributed by atoms with E-state index in [-0.39, 0.29) is 16.6 Å². The fraction of sp³-hybridized carbons (Fsp3) is 0.120. The van der Waals surface area contributed by atoms with Gasteiger partial charge in [0.2, 0.25) is 11.8 Å². The van der Waals surface area contributed by atoms with Crippen LogP contribution in [0.5, 0.6) is 0 Å². The van der Waals surface area contributed by atoms with Crippen LogP contribution in [0.25, 0.3) is 22.6 Å². The number of sulfonamides is 1. The molecule has 0 unspecified atom stereocenters. The maximum Gasteiger partial charge on any atom is 0.265 e. The number of rotatable bonds is 7. The van der Waals surface area contributed by atoms with Crippen LogP contribution in [0.2, 0.25) is 0 Å². The Bertz CT molecular complexity index is 1730. The molecule has 186 valence electrons. The van der Waals surface area contributed by atoms with Crippen LogP contribution < -0.4 is 10.0 Å². The zero-order chi connectivity index (χ0) is 26.2. The van der Waals surface area contributed by atoms with Crippen LogP contribution in [0.4, 0.5) is 17.4 Å². The lowest BCUT2D eigenvalue weighted by Gasteiger charge is -2.18. The smallest absolute Gasteiger partial charge is 0.265 e. The Balaban J connectivity index is 1.63. The fourth-order valence-corrected chi connectivity index (χ4v) is 5.37. The van der Waals surface area contributed by atoms with Gasteiger partial charge in [0.05, 0.1) is 11.9 Å². The monoisotopic (exact) mass is 515 g/mol. The minimum Gasteiger partial charge on any atom is -0.445 e. The van der Waals surface area contributed by atoms with Gasteiger partial charge in [-0.25, -0.2) is 18.1 Å². The average molecular weight is 516 g/mol. The number of nitriles is 1. The van der Waals surface area contributed by atoms with Crippen LogP contribution >= 0.6 is 0 Å². The minimum absolute atomic E-state index is 0.0314. The first kappa shape index (κ1) is 23.8. The van der Waals surface area contributed by atoms with E-state index in [1.165, 1.54) is 12.5 Å². The predicted molar refractivity (Wildman–Crippen MR) is 135 cm³/mol. The van der Waals surface area contributed by atoms with Crippen molar-refractivity contribution in [2.24, 2.45) is 0 Å². The van der Waals surface area contributed by atoms with Crippen molar-refractivity contribution in [1.82, 2.24) is 20.3 Å². The summed E-state index contributed by atoms with van der Waals surface area (Å²) in [4.78, 5) is 4.18. The lowest BCUT2D eigenvalue weighted by atomic mass is 10.0. The second kappa shape index (κ2) is 9.29. The summed E-state index contributed by atoms with van der Waals surface area (Å²) in [6, 6.07) is 12.7. The van der Waals surface area contributed by atoms with Crippen molar-refractivity contribution in [2.75, 3.05) is 10.0 Å². The number of nitrogens with zero attached hydrogens (tertiary/aromatic N) is 4. The van der Waals surface area contributed by atoms with Gasteiger partial charge in [0.25, 0.3) is 10.0 Å². The molecule has 2 aromatic carbocycles. The molecule has 0 amide bonds. The minimum atomic E-state index is -4.15. The topological polar surface area (TPSA) is 163 Å². The van der Waals surface area contributed by atoms with E-state index in [4.69, 9.17) is 8.94 Å². The standard InChI is InChI=1S/C25H21N7O4S/c1-14-16(3)31-36-24(14)32-37(33,34)22-15(2)21(29-23-19(12-26)13-28-30-23)9-8-20(22)17-4-6-18(7-5-17)25-27-10-11-35-25/h4-11,13,32H,1-3H3,(H2,28,29,30). The van der Waals surface area contributed by atoms with Crippen molar-refractivity contribution in [3.05, 3.63) is 77.4 Å². The summed E-state index contributed by atoms with van der Waals surface area (Å²) in [6.45, 7) is 5.13. The fourth-order valence-electron chi connectivity index (χ4n) is 3.84. The first-order valence-corrected chi connectivity index (χ1v) is 12.6. The molecule has 5 rings (SSSR count). The third-order valence-electron chi connectivity index (χ3n) is 5.95. The highest BCUT2D eigenvalue weighted by Crippen LogP contribution is 2.37. The molecule has 0 atom stereocenters. The molecular formula is C25H21N7O4S. The Morgan fingerprint density at radius 2 is 1.78 bits per heavy atom. The normalized spacial score (nSPS) is 11.3. The molecule has 12 heteroatoms. The van der Waals surface area contributed by atoms with Crippen molar-refractivity contribution in [2.45, 2.75) is 25.7 Å². The molecule has 0 spiro atoms. The largest absolute Gasteiger partial charge is 0.445 e. The second-order valence-electron chi connectivity index (χ2n) is 8.24. The van der Waals surface area contributed by atoms with Crippen LogP contribution in [-0.2, 0) is 10.0 Å². The van der Waals surface area contributed by atoms with E-state index in [0.717, 1.165) is 5.56 Å². The second-order valence-corrected chi connectivity index (χ2v) is 9.86. The van der Waals surface area contributed by atoms with Crippen molar-refractivity contribution in [3.8, 4) is 28.7 Å². The average Bonchev–Trinajstić information content (AvgIpc) is 3.64. The summed E-state index contributed by atoms with van der Waals surface area (Å²) in [7, 11) is -4.15. The number of hydrogen-bond donors (Lipinski definition) is 3. The Hall–Kier alpha value is -4.89. The molecular weight excluding hydrogens is 494 g/mol. The third-order valence-corrected chi connectivity index (χ3v) is 7.47. The van der Waals surface area contributed by atoms with Gasteiger partial charge >= 0.3 is 0 Å². The van der Waals surface area contributed by atoms with Crippen molar-refractivity contribution >= 4 is 27.4 Å². The molecule has 3 aromatic heterocycles. The van der Waals surface area contributed by atoms with Crippen LogP contribution in [0, 0.1) is 32.1 Å². The van der Waals surface area contributed by atoms with Gasteiger partial charge in [0, 0.05) is 28.6 Å². The van der Waals surface area contributed by atoms with Crippen LogP contribution in [-0.4, -0.2) is 28.8 Å². The number of aromatic nitrogens is 4. The summed E-state index contributed by atoms with van der Waals surface area (Å²) in [5, 5.41) is 22.9. The maximum absolute atomic E-state index is 13.8. The molecule has 3 heterocycles. The molecule has 0 bridgehead atoms. The van der Waals surface area contributed by atoms with Gasteiger partial charge in [0.1, 0.15) is 22.8 Å². The van der Waals surface area contributed by atoms with Gasteiger partial charge in [-0.1, -0.05) is 23.4 Å². The van der Waals surface area contributed by atoms with Crippen LogP contribution in [0.15, 0.2) is 68.9 Å². The van der Waals surface area contributed by atoms with E-state index >= 15 is 0 Å². The zero-order valence-corrected chi connectivity index (χ0v) is 20.8. The molecule has 37 heavy (non-hydrogen) atoms. The molecule has 0 saturated heterocycles. The summed E-state index contributed by atoms with van der Waals surface area (Å²) >= 11 is 0. The third kappa shape index (κ3) is 4.43. The number of H-pyrrole nitrogens is 1. The molecule has 0 fully saturated rings. The highest BCUT2D eigenvalue weighted by Gasteiger charge is 2.27. The lowest BCUT2D eigenvalue weighted by Crippen LogP contribution is -2.16. The quantitative estimate of drug-likeness (QED) is 0.269. The highest BCUT2D eigenvalue weighted by molar-refractivity contribution is 7.93. The number of nitrogens with one attached hydrogen (secondary N) is 3. The molecule has 0 aliphatic heterocycles. The number of aryl methyl sites for hydroxylation is 1. The van der Waals surface area contributed by atoms with Crippen LogP contribution in [0.3, 0.4) is 0 Å².